The molecule has 1 aliphatic heterocycles. The van der Waals surface area contributed by atoms with Gasteiger partial charge in [0.1, 0.15) is 0 Å². The Morgan fingerprint density at radius 1 is 1.38 bits per heavy atom. The van der Waals surface area contributed by atoms with Gasteiger partial charge in [-0.05, 0) is 13.8 Å². The average Bonchev–Trinajstić information content (AvgIpc) is 2.31. The fourth-order valence-corrected chi connectivity index (χ4v) is 1.15. The van der Waals surface area contributed by atoms with Crippen LogP contribution in [-0.4, -0.2) is 28.0 Å². The standard InChI is InChI=1S/C10H17N2O/c1-9(2)12-6-5-11(8-12)7-10(3,4)13/h5-6,9H,7H2,1-4H3/q-1. The summed E-state index contributed by atoms with van der Waals surface area (Å²) in [4.78, 5) is 3.78. The van der Waals surface area contributed by atoms with Gasteiger partial charge in [-0.2, -0.15) is 0 Å². The first-order valence-electron chi connectivity index (χ1n) is 4.58. The zero-order valence-electron chi connectivity index (χ0n) is 8.74. The third-order valence-corrected chi connectivity index (χ3v) is 1.76. The number of nitrogens with zero attached hydrogens (tertiary/aromatic N) is 2. The Balaban J connectivity index is 2.39. The van der Waals surface area contributed by atoms with Crippen molar-refractivity contribution in [3.63, 3.8) is 0 Å². The van der Waals surface area contributed by atoms with E-state index < -0.39 is 5.60 Å². The van der Waals surface area contributed by atoms with Crippen LogP contribution in [0.5, 0.6) is 0 Å². The van der Waals surface area contributed by atoms with E-state index in [9.17, 15) is 5.11 Å². The highest BCUT2D eigenvalue weighted by Crippen LogP contribution is 2.16. The molecule has 0 fully saturated rings. The van der Waals surface area contributed by atoms with E-state index in [1.54, 1.807) is 13.8 Å². The van der Waals surface area contributed by atoms with Crippen molar-refractivity contribution >= 4 is 0 Å². The quantitative estimate of drug-likeness (QED) is 0.639. The minimum Gasteiger partial charge on any atom is -0.849 e. The third kappa shape index (κ3) is 3.27. The molecule has 0 aromatic rings. The van der Waals surface area contributed by atoms with Gasteiger partial charge in [0.25, 0.3) is 0 Å². The topological polar surface area (TPSA) is 29.5 Å². The summed E-state index contributed by atoms with van der Waals surface area (Å²) in [6.45, 7) is 11.1. The maximum Gasteiger partial charge on any atom is 0.208 e. The summed E-state index contributed by atoms with van der Waals surface area (Å²) in [6, 6.07) is 0.399. The molecule has 0 bridgehead atoms. The third-order valence-electron chi connectivity index (χ3n) is 1.76. The maximum atomic E-state index is 11.4. The molecule has 0 spiro atoms. The van der Waals surface area contributed by atoms with E-state index in [0.29, 0.717) is 12.6 Å². The van der Waals surface area contributed by atoms with Crippen LogP contribution in [0.25, 0.3) is 0 Å². The van der Waals surface area contributed by atoms with Gasteiger partial charge in [0.2, 0.25) is 6.67 Å². The van der Waals surface area contributed by atoms with Crippen molar-refractivity contribution in [1.82, 2.24) is 9.80 Å². The van der Waals surface area contributed by atoms with Crippen molar-refractivity contribution in [2.45, 2.75) is 39.3 Å². The molecular weight excluding hydrogens is 164 g/mol. The van der Waals surface area contributed by atoms with Crippen molar-refractivity contribution in [3.05, 3.63) is 19.1 Å². The van der Waals surface area contributed by atoms with Crippen molar-refractivity contribution in [1.29, 1.82) is 0 Å². The summed E-state index contributed by atoms with van der Waals surface area (Å²) < 4.78 is 0. The maximum absolute atomic E-state index is 11.4. The van der Waals surface area contributed by atoms with E-state index in [0.717, 1.165) is 0 Å². The van der Waals surface area contributed by atoms with Crippen LogP contribution in [0.15, 0.2) is 12.4 Å². The second kappa shape index (κ2) is 3.58. The molecule has 74 valence electrons. The van der Waals surface area contributed by atoms with Crippen LogP contribution in [-0.2, 0) is 0 Å². The molecule has 0 aromatic carbocycles. The van der Waals surface area contributed by atoms with Crippen LogP contribution < -0.4 is 5.11 Å². The van der Waals surface area contributed by atoms with Gasteiger partial charge in [-0.25, -0.2) is 0 Å². The smallest absolute Gasteiger partial charge is 0.208 e. The van der Waals surface area contributed by atoms with Crippen molar-refractivity contribution in [3.8, 4) is 0 Å². The SMILES string of the molecule is CC(C)N1[C]N(CC(C)(C)[O-])C=C1. The number of rotatable bonds is 3. The lowest BCUT2D eigenvalue weighted by atomic mass is 10.1. The highest BCUT2D eigenvalue weighted by molar-refractivity contribution is 4.99. The molecular formula is C10H17N2O-. The molecule has 13 heavy (non-hydrogen) atoms. The Hall–Kier alpha value is -0.700. The van der Waals surface area contributed by atoms with Gasteiger partial charge >= 0.3 is 0 Å². The van der Waals surface area contributed by atoms with Crippen LogP contribution in [0.3, 0.4) is 0 Å². The summed E-state index contributed by atoms with van der Waals surface area (Å²) in [7, 11) is 0. The number of hydrogen-bond acceptors (Lipinski definition) is 3. The summed E-state index contributed by atoms with van der Waals surface area (Å²) in [5.74, 6) is 0. The molecule has 0 amide bonds. The Morgan fingerprint density at radius 2 is 2.00 bits per heavy atom. The molecule has 1 aliphatic rings. The van der Waals surface area contributed by atoms with E-state index in [2.05, 4.69) is 20.5 Å². The Kier molecular flexibility index (Phi) is 2.86. The molecule has 1 rings (SSSR count). The summed E-state index contributed by atoms with van der Waals surface area (Å²) in [5.41, 5.74) is -0.926. The van der Waals surface area contributed by atoms with Crippen LogP contribution in [0.2, 0.25) is 0 Å². The lowest BCUT2D eigenvalue weighted by Crippen LogP contribution is -2.46. The van der Waals surface area contributed by atoms with Gasteiger partial charge < -0.3 is 14.9 Å². The fraction of sp³-hybridized carbons (Fsp3) is 0.700. The fourth-order valence-electron chi connectivity index (χ4n) is 1.15. The summed E-state index contributed by atoms with van der Waals surface area (Å²) >= 11 is 0. The lowest BCUT2D eigenvalue weighted by Gasteiger charge is -2.36. The zero-order valence-corrected chi connectivity index (χ0v) is 8.74. The predicted molar refractivity (Wildman–Crippen MR) is 50.1 cm³/mol. The van der Waals surface area contributed by atoms with Crippen LogP contribution >= 0.6 is 0 Å². The van der Waals surface area contributed by atoms with Gasteiger partial charge in [0.15, 0.2) is 0 Å². The molecule has 3 heteroatoms. The molecule has 3 nitrogen and oxygen atoms in total. The zero-order chi connectivity index (χ0) is 10.1. The molecule has 0 saturated heterocycles. The molecule has 0 saturated carbocycles. The molecule has 2 radical (unpaired) electrons. The van der Waals surface area contributed by atoms with Crippen molar-refractivity contribution < 1.29 is 5.11 Å². The summed E-state index contributed by atoms with van der Waals surface area (Å²) in [6.07, 6.45) is 3.83. The van der Waals surface area contributed by atoms with E-state index in [1.165, 1.54) is 0 Å². The number of hydrogen-bond donors (Lipinski definition) is 0. The van der Waals surface area contributed by atoms with E-state index in [-0.39, 0.29) is 0 Å². The Morgan fingerprint density at radius 3 is 2.38 bits per heavy atom. The molecule has 0 atom stereocenters. The Labute approximate surface area is 80.6 Å². The van der Waals surface area contributed by atoms with Crippen molar-refractivity contribution in [2.75, 3.05) is 6.54 Å². The van der Waals surface area contributed by atoms with Crippen molar-refractivity contribution in [2.24, 2.45) is 0 Å². The normalized spacial score (nSPS) is 17.7. The first-order valence-corrected chi connectivity index (χ1v) is 4.58. The highest BCUT2D eigenvalue weighted by atomic mass is 16.3. The van der Waals surface area contributed by atoms with E-state index in [4.69, 9.17) is 0 Å². The van der Waals surface area contributed by atoms with Gasteiger partial charge in [0, 0.05) is 25.0 Å². The van der Waals surface area contributed by atoms with Crippen LogP contribution in [0.1, 0.15) is 27.7 Å². The van der Waals surface area contributed by atoms with Gasteiger partial charge in [-0.1, -0.05) is 13.8 Å². The molecule has 1 heterocycles. The van der Waals surface area contributed by atoms with Gasteiger partial charge in [0.05, 0.1) is 0 Å². The highest BCUT2D eigenvalue weighted by Gasteiger charge is 2.18. The predicted octanol–water partition coefficient (Wildman–Crippen LogP) is 0.619. The Bertz CT molecular complexity index is 194. The van der Waals surface area contributed by atoms with Crippen LogP contribution in [0, 0.1) is 6.67 Å². The van der Waals surface area contributed by atoms with E-state index >= 15 is 0 Å². The van der Waals surface area contributed by atoms with Crippen LogP contribution in [0.4, 0.5) is 0 Å². The summed E-state index contributed by atoms with van der Waals surface area (Å²) in [5, 5.41) is 11.4. The largest absolute Gasteiger partial charge is 0.849 e. The second-order valence-corrected chi connectivity index (χ2v) is 4.29. The lowest BCUT2D eigenvalue weighted by molar-refractivity contribution is -0.465. The van der Waals surface area contributed by atoms with Gasteiger partial charge in [-0.15, -0.1) is 5.60 Å². The monoisotopic (exact) mass is 181 g/mol. The van der Waals surface area contributed by atoms with E-state index in [1.807, 2.05) is 22.2 Å². The molecule has 0 aromatic heterocycles. The first-order chi connectivity index (χ1) is 5.88. The molecule has 0 N–H and O–H groups in total. The van der Waals surface area contributed by atoms with Gasteiger partial charge in [-0.3, -0.25) is 0 Å². The minimum absolute atomic E-state index is 0.399. The molecule has 0 unspecified atom stereocenters. The minimum atomic E-state index is -0.926. The molecule has 0 aliphatic carbocycles. The second-order valence-electron chi connectivity index (χ2n) is 4.29. The average molecular weight is 181 g/mol. The first kappa shape index (κ1) is 10.4.